The van der Waals surface area contributed by atoms with Crippen LogP contribution in [0.4, 0.5) is 0 Å². The molecule has 1 saturated heterocycles. The molecule has 5 heteroatoms. The summed E-state index contributed by atoms with van der Waals surface area (Å²) in [6.07, 6.45) is 2.14. The molecule has 0 bridgehead atoms. The van der Waals surface area contributed by atoms with Crippen LogP contribution < -0.4 is 10.6 Å². The highest BCUT2D eigenvalue weighted by Gasteiger charge is 2.20. The van der Waals surface area contributed by atoms with E-state index in [0.717, 1.165) is 5.56 Å². The third kappa shape index (κ3) is 2.55. The van der Waals surface area contributed by atoms with Crippen LogP contribution in [0, 0.1) is 11.3 Å². The summed E-state index contributed by atoms with van der Waals surface area (Å²) in [6, 6.07) is 5.79. The summed E-state index contributed by atoms with van der Waals surface area (Å²) in [6.45, 7) is 1.33. The first kappa shape index (κ1) is 10.6. The molecule has 1 aliphatic heterocycles. The van der Waals surface area contributed by atoms with Crippen LogP contribution in [0.2, 0.25) is 0 Å². The van der Waals surface area contributed by atoms with E-state index < -0.39 is 0 Å². The molecular formula is C11H12N4O. The minimum absolute atomic E-state index is 0.0879. The molecule has 1 fully saturated rings. The van der Waals surface area contributed by atoms with Gasteiger partial charge in [0.25, 0.3) is 0 Å². The Labute approximate surface area is 93.5 Å². The van der Waals surface area contributed by atoms with E-state index in [0.29, 0.717) is 25.2 Å². The van der Waals surface area contributed by atoms with Gasteiger partial charge in [0.1, 0.15) is 11.8 Å². The van der Waals surface area contributed by atoms with E-state index in [-0.39, 0.29) is 11.9 Å². The fourth-order valence-corrected chi connectivity index (χ4v) is 1.66. The number of pyridine rings is 1. The summed E-state index contributed by atoms with van der Waals surface area (Å²) in [7, 11) is 0. The number of carbonyl (C=O) groups excluding carboxylic acids is 1. The lowest BCUT2D eigenvalue weighted by Crippen LogP contribution is -2.30. The number of carbonyl (C=O) groups is 1. The molecule has 1 unspecified atom stereocenters. The average Bonchev–Trinajstić information content (AvgIpc) is 2.73. The third-order valence-corrected chi connectivity index (χ3v) is 2.51. The SMILES string of the molecule is N#Cc1cc(CNC2CNC(=O)C2)ccn1. The van der Waals surface area contributed by atoms with E-state index in [9.17, 15) is 4.79 Å². The van der Waals surface area contributed by atoms with Crippen molar-refractivity contribution in [3.8, 4) is 6.07 Å². The van der Waals surface area contributed by atoms with Gasteiger partial charge in [-0.15, -0.1) is 0 Å². The van der Waals surface area contributed by atoms with Crippen molar-refractivity contribution in [2.45, 2.75) is 19.0 Å². The number of hydrogen-bond acceptors (Lipinski definition) is 4. The van der Waals surface area contributed by atoms with Crippen molar-refractivity contribution < 1.29 is 4.79 Å². The van der Waals surface area contributed by atoms with Gasteiger partial charge in [0.05, 0.1) is 0 Å². The van der Waals surface area contributed by atoms with Gasteiger partial charge in [-0.1, -0.05) is 0 Å². The zero-order valence-electron chi connectivity index (χ0n) is 8.73. The van der Waals surface area contributed by atoms with E-state index in [1.165, 1.54) is 0 Å². The van der Waals surface area contributed by atoms with E-state index in [1.807, 2.05) is 12.1 Å². The minimum atomic E-state index is 0.0879. The van der Waals surface area contributed by atoms with Crippen molar-refractivity contribution in [2.24, 2.45) is 0 Å². The normalized spacial score (nSPS) is 19.2. The Kier molecular flexibility index (Phi) is 3.13. The molecule has 82 valence electrons. The van der Waals surface area contributed by atoms with Crippen molar-refractivity contribution in [2.75, 3.05) is 6.54 Å². The van der Waals surface area contributed by atoms with Crippen molar-refractivity contribution >= 4 is 5.91 Å². The molecule has 1 amide bonds. The van der Waals surface area contributed by atoms with Crippen LogP contribution >= 0.6 is 0 Å². The van der Waals surface area contributed by atoms with Gasteiger partial charge in [0.2, 0.25) is 5.91 Å². The average molecular weight is 216 g/mol. The predicted molar refractivity (Wildman–Crippen MR) is 57.2 cm³/mol. The zero-order chi connectivity index (χ0) is 11.4. The van der Waals surface area contributed by atoms with Gasteiger partial charge in [-0.05, 0) is 17.7 Å². The van der Waals surface area contributed by atoms with Crippen molar-refractivity contribution in [3.05, 3.63) is 29.6 Å². The molecule has 1 aromatic rings. The van der Waals surface area contributed by atoms with E-state index >= 15 is 0 Å². The van der Waals surface area contributed by atoms with Crippen molar-refractivity contribution in [3.63, 3.8) is 0 Å². The molecule has 1 aliphatic rings. The van der Waals surface area contributed by atoms with Crippen LogP contribution in [0.5, 0.6) is 0 Å². The van der Waals surface area contributed by atoms with Crippen LogP contribution in [0.3, 0.4) is 0 Å². The molecule has 0 aliphatic carbocycles. The summed E-state index contributed by atoms with van der Waals surface area (Å²) < 4.78 is 0. The lowest BCUT2D eigenvalue weighted by atomic mass is 10.2. The molecule has 1 atom stereocenters. The number of rotatable bonds is 3. The molecule has 5 nitrogen and oxygen atoms in total. The van der Waals surface area contributed by atoms with Gasteiger partial charge in [-0.2, -0.15) is 5.26 Å². The van der Waals surface area contributed by atoms with Crippen LogP contribution in [0.25, 0.3) is 0 Å². The van der Waals surface area contributed by atoms with E-state index in [2.05, 4.69) is 15.6 Å². The maximum atomic E-state index is 11.0. The third-order valence-electron chi connectivity index (χ3n) is 2.51. The largest absolute Gasteiger partial charge is 0.354 e. The Morgan fingerprint density at radius 1 is 1.69 bits per heavy atom. The maximum absolute atomic E-state index is 11.0. The first-order chi connectivity index (χ1) is 7.78. The molecule has 0 radical (unpaired) electrons. The second-order valence-electron chi connectivity index (χ2n) is 3.75. The molecule has 0 aromatic carbocycles. The number of aromatic nitrogens is 1. The summed E-state index contributed by atoms with van der Waals surface area (Å²) in [5, 5.41) is 14.7. The first-order valence-corrected chi connectivity index (χ1v) is 5.13. The summed E-state index contributed by atoms with van der Waals surface area (Å²) in [4.78, 5) is 14.9. The van der Waals surface area contributed by atoms with Gasteiger partial charge in [0.15, 0.2) is 0 Å². The fraction of sp³-hybridized carbons (Fsp3) is 0.364. The minimum Gasteiger partial charge on any atom is -0.354 e. The lowest BCUT2D eigenvalue weighted by molar-refractivity contribution is -0.119. The molecule has 0 saturated carbocycles. The Morgan fingerprint density at radius 3 is 3.25 bits per heavy atom. The number of amides is 1. The highest BCUT2D eigenvalue weighted by Crippen LogP contribution is 2.04. The van der Waals surface area contributed by atoms with E-state index in [4.69, 9.17) is 5.26 Å². The van der Waals surface area contributed by atoms with Gasteiger partial charge < -0.3 is 10.6 Å². The van der Waals surface area contributed by atoms with Crippen molar-refractivity contribution in [1.82, 2.24) is 15.6 Å². The Balaban J connectivity index is 1.90. The monoisotopic (exact) mass is 216 g/mol. The second-order valence-corrected chi connectivity index (χ2v) is 3.75. The maximum Gasteiger partial charge on any atom is 0.221 e. The molecule has 0 spiro atoms. The molecule has 2 heterocycles. The Bertz CT molecular complexity index is 438. The molecule has 1 aromatic heterocycles. The number of nitriles is 1. The second kappa shape index (κ2) is 4.73. The molecule has 2 rings (SSSR count). The first-order valence-electron chi connectivity index (χ1n) is 5.13. The van der Waals surface area contributed by atoms with Crippen LogP contribution in [0.1, 0.15) is 17.7 Å². The summed E-state index contributed by atoms with van der Waals surface area (Å²) in [5.41, 5.74) is 1.42. The fourth-order valence-electron chi connectivity index (χ4n) is 1.66. The number of hydrogen-bond donors (Lipinski definition) is 2. The number of nitrogens with one attached hydrogen (secondary N) is 2. The number of nitrogens with zero attached hydrogens (tertiary/aromatic N) is 2. The van der Waals surface area contributed by atoms with Crippen molar-refractivity contribution in [1.29, 1.82) is 5.26 Å². The highest BCUT2D eigenvalue weighted by atomic mass is 16.1. The lowest BCUT2D eigenvalue weighted by Gasteiger charge is -2.09. The predicted octanol–water partition coefficient (Wildman–Crippen LogP) is -0.0686. The highest BCUT2D eigenvalue weighted by molar-refractivity contribution is 5.78. The van der Waals surface area contributed by atoms with Gasteiger partial charge >= 0.3 is 0 Å². The standard InChI is InChI=1S/C11H12N4O/c12-5-9-3-8(1-2-13-9)6-14-10-4-11(16)15-7-10/h1-3,10,14H,4,6-7H2,(H,15,16). The van der Waals surface area contributed by atoms with E-state index in [1.54, 1.807) is 12.3 Å². The topological polar surface area (TPSA) is 77.8 Å². The smallest absolute Gasteiger partial charge is 0.221 e. The van der Waals surface area contributed by atoms with Crippen LogP contribution in [-0.4, -0.2) is 23.5 Å². The Morgan fingerprint density at radius 2 is 2.56 bits per heavy atom. The van der Waals surface area contributed by atoms with Gasteiger partial charge in [-0.25, -0.2) is 4.98 Å². The summed E-state index contributed by atoms with van der Waals surface area (Å²) in [5.74, 6) is 0.0879. The van der Waals surface area contributed by atoms with Crippen LogP contribution in [-0.2, 0) is 11.3 Å². The quantitative estimate of drug-likeness (QED) is 0.741. The molecule has 2 N–H and O–H groups in total. The van der Waals surface area contributed by atoms with Crippen LogP contribution in [0.15, 0.2) is 18.3 Å². The zero-order valence-corrected chi connectivity index (χ0v) is 8.73. The van der Waals surface area contributed by atoms with Gasteiger partial charge in [0, 0.05) is 31.7 Å². The Hall–Kier alpha value is -1.93. The molecule has 16 heavy (non-hydrogen) atoms. The molecular weight excluding hydrogens is 204 g/mol. The van der Waals surface area contributed by atoms with Gasteiger partial charge in [-0.3, -0.25) is 4.79 Å². The summed E-state index contributed by atoms with van der Waals surface area (Å²) >= 11 is 0.